The molecular formula is C19H20ClNO2S. The first-order valence-electron chi connectivity index (χ1n) is 7.99. The highest BCUT2D eigenvalue weighted by Crippen LogP contribution is 2.38. The molecule has 0 radical (unpaired) electrons. The van der Waals surface area contributed by atoms with Crippen molar-refractivity contribution in [1.29, 1.82) is 0 Å². The number of rotatable bonds is 6. The number of nitrogens with zero attached hydrogens (tertiary/aromatic N) is 1. The summed E-state index contributed by atoms with van der Waals surface area (Å²) in [5, 5.41) is 1.57. The SMILES string of the molecule is CCOc1cc(C2=NCCS2)cc(Cl)c1OCc1ccc(C)cc1. The van der Waals surface area contributed by atoms with Gasteiger partial charge in [-0.3, -0.25) is 4.99 Å². The van der Waals surface area contributed by atoms with E-state index in [1.807, 2.05) is 19.1 Å². The van der Waals surface area contributed by atoms with Crippen LogP contribution in [0.5, 0.6) is 11.5 Å². The van der Waals surface area contributed by atoms with Crippen LogP contribution in [0.2, 0.25) is 5.02 Å². The summed E-state index contributed by atoms with van der Waals surface area (Å²) in [4.78, 5) is 4.50. The van der Waals surface area contributed by atoms with E-state index >= 15 is 0 Å². The second kappa shape index (κ2) is 7.95. The third-order valence-electron chi connectivity index (χ3n) is 3.65. The fourth-order valence-electron chi connectivity index (χ4n) is 2.44. The molecule has 0 atom stereocenters. The second-order valence-corrected chi connectivity index (χ2v) is 7.02. The topological polar surface area (TPSA) is 30.8 Å². The molecule has 0 aromatic heterocycles. The smallest absolute Gasteiger partial charge is 0.180 e. The van der Waals surface area contributed by atoms with Gasteiger partial charge >= 0.3 is 0 Å². The van der Waals surface area contributed by atoms with Gasteiger partial charge in [-0.2, -0.15) is 0 Å². The lowest BCUT2D eigenvalue weighted by Crippen LogP contribution is -2.02. The number of aryl methyl sites for hydroxylation is 1. The van der Waals surface area contributed by atoms with Crippen molar-refractivity contribution in [2.75, 3.05) is 18.9 Å². The molecule has 24 heavy (non-hydrogen) atoms. The summed E-state index contributed by atoms with van der Waals surface area (Å²) in [7, 11) is 0. The summed E-state index contributed by atoms with van der Waals surface area (Å²) in [6, 6.07) is 12.1. The van der Waals surface area contributed by atoms with Gasteiger partial charge < -0.3 is 9.47 Å². The molecule has 0 saturated carbocycles. The number of thioether (sulfide) groups is 1. The summed E-state index contributed by atoms with van der Waals surface area (Å²) in [5.41, 5.74) is 3.32. The molecule has 0 N–H and O–H groups in total. The zero-order chi connectivity index (χ0) is 16.9. The van der Waals surface area contributed by atoms with E-state index in [9.17, 15) is 0 Å². The van der Waals surface area contributed by atoms with E-state index in [0.29, 0.717) is 29.7 Å². The Labute approximate surface area is 152 Å². The second-order valence-electron chi connectivity index (χ2n) is 5.53. The van der Waals surface area contributed by atoms with Gasteiger partial charge in [0, 0.05) is 17.9 Å². The lowest BCUT2D eigenvalue weighted by atomic mass is 10.1. The van der Waals surface area contributed by atoms with Crippen molar-refractivity contribution in [3.63, 3.8) is 0 Å². The molecule has 0 bridgehead atoms. The highest BCUT2D eigenvalue weighted by atomic mass is 35.5. The van der Waals surface area contributed by atoms with Crippen LogP contribution in [0.15, 0.2) is 41.4 Å². The molecule has 0 spiro atoms. The predicted molar refractivity (Wildman–Crippen MR) is 102 cm³/mol. The van der Waals surface area contributed by atoms with E-state index < -0.39 is 0 Å². The zero-order valence-corrected chi connectivity index (χ0v) is 15.4. The fraction of sp³-hybridized carbons (Fsp3) is 0.316. The van der Waals surface area contributed by atoms with E-state index in [0.717, 1.165) is 28.5 Å². The summed E-state index contributed by atoms with van der Waals surface area (Å²) < 4.78 is 11.7. The molecule has 3 rings (SSSR count). The van der Waals surface area contributed by atoms with Crippen molar-refractivity contribution in [1.82, 2.24) is 0 Å². The molecule has 126 valence electrons. The standard InChI is InChI=1S/C19H20ClNO2S/c1-3-22-17-11-15(19-21-8-9-24-19)10-16(20)18(17)23-12-14-6-4-13(2)5-7-14/h4-7,10-11H,3,8-9,12H2,1-2H3. The van der Waals surface area contributed by atoms with E-state index in [4.69, 9.17) is 21.1 Å². The lowest BCUT2D eigenvalue weighted by Gasteiger charge is -2.15. The van der Waals surface area contributed by atoms with Crippen molar-refractivity contribution in [2.45, 2.75) is 20.5 Å². The monoisotopic (exact) mass is 361 g/mol. The molecule has 3 nitrogen and oxygen atoms in total. The van der Waals surface area contributed by atoms with E-state index in [1.54, 1.807) is 11.8 Å². The summed E-state index contributed by atoms with van der Waals surface area (Å²) in [5.74, 6) is 2.27. The van der Waals surface area contributed by atoms with Gasteiger partial charge in [0.05, 0.1) is 16.7 Å². The Morgan fingerprint density at radius 1 is 1.17 bits per heavy atom. The summed E-state index contributed by atoms with van der Waals surface area (Å²) >= 11 is 8.21. The Morgan fingerprint density at radius 3 is 2.62 bits per heavy atom. The van der Waals surface area contributed by atoms with Crippen LogP contribution in [-0.4, -0.2) is 23.9 Å². The van der Waals surface area contributed by atoms with E-state index in [2.05, 4.69) is 36.2 Å². The van der Waals surface area contributed by atoms with Gasteiger partial charge in [0.15, 0.2) is 11.5 Å². The first-order chi connectivity index (χ1) is 11.7. The molecule has 0 saturated heterocycles. The number of hydrogen-bond acceptors (Lipinski definition) is 4. The van der Waals surface area contributed by atoms with Gasteiger partial charge in [-0.15, -0.1) is 11.8 Å². The average Bonchev–Trinajstić information content (AvgIpc) is 3.10. The Hall–Kier alpha value is -1.65. The number of hydrogen-bond donors (Lipinski definition) is 0. The molecule has 0 amide bonds. The molecule has 0 aliphatic carbocycles. The maximum absolute atomic E-state index is 6.47. The Bertz CT molecular complexity index is 744. The van der Waals surface area contributed by atoms with Gasteiger partial charge in [0.2, 0.25) is 0 Å². The van der Waals surface area contributed by atoms with Crippen LogP contribution in [0, 0.1) is 6.92 Å². The molecule has 1 aliphatic rings. The summed E-state index contributed by atoms with van der Waals surface area (Å²) in [6.07, 6.45) is 0. The van der Waals surface area contributed by atoms with Crippen LogP contribution in [0.4, 0.5) is 0 Å². The average molecular weight is 362 g/mol. The quantitative estimate of drug-likeness (QED) is 0.715. The Kier molecular flexibility index (Phi) is 5.69. The molecule has 0 unspecified atom stereocenters. The minimum absolute atomic E-state index is 0.453. The lowest BCUT2D eigenvalue weighted by molar-refractivity contribution is 0.269. The Balaban J connectivity index is 1.84. The molecule has 5 heteroatoms. The van der Waals surface area contributed by atoms with Gasteiger partial charge in [0.25, 0.3) is 0 Å². The number of benzene rings is 2. The highest BCUT2D eigenvalue weighted by molar-refractivity contribution is 8.14. The van der Waals surface area contributed by atoms with Gasteiger partial charge in [-0.05, 0) is 31.5 Å². The van der Waals surface area contributed by atoms with Crippen LogP contribution in [0.25, 0.3) is 0 Å². The predicted octanol–water partition coefficient (Wildman–Crippen LogP) is 5.12. The van der Waals surface area contributed by atoms with Crippen molar-refractivity contribution < 1.29 is 9.47 Å². The van der Waals surface area contributed by atoms with Crippen molar-refractivity contribution in [3.8, 4) is 11.5 Å². The fourth-order valence-corrected chi connectivity index (χ4v) is 3.55. The minimum Gasteiger partial charge on any atom is -0.490 e. The van der Waals surface area contributed by atoms with Gasteiger partial charge in [0.1, 0.15) is 6.61 Å². The molecular weight excluding hydrogens is 342 g/mol. The van der Waals surface area contributed by atoms with Crippen LogP contribution >= 0.6 is 23.4 Å². The van der Waals surface area contributed by atoms with Crippen molar-refractivity contribution in [3.05, 3.63) is 58.1 Å². The molecule has 2 aromatic carbocycles. The van der Waals surface area contributed by atoms with E-state index in [-0.39, 0.29) is 0 Å². The zero-order valence-electron chi connectivity index (χ0n) is 13.8. The first kappa shape index (κ1) is 17.2. The van der Waals surface area contributed by atoms with E-state index in [1.165, 1.54) is 5.56 Å². The van der Waals surface area contributed by atoms with Gasteiger partial charge in [-0.1, -0.05) is 41.4 Å². The van der Waals surface area contributed by atoms with Crippen LogP contribution in [0.3, 0.4) is 0 Å². The van der Waals surface area contributed by atoms with Gasteiger partial charge in [-0.25, -0.2) is 0 Å². The molecule has 1 heterocycles. The van der Waals surface area contributed by atoms with Crippen molar-refractivity contribution in [2.24, 2.45) is 4.99 Å². The first-order valence-corrected chi connectivity index (χ1v) is 9.36. The third kappa shape index (κ3) is 4.05. The highest BCUT2D eigenvalue weighted by Gasteiger charge is 2.17. The maximum Gasteiger partial charge on any atom is 0.180 e. The largest absolute Gasteiger partial charge is 0.490 e. The number of ether oxygens (including phenoxy) is 2. The normalized spacial score (nSPS) is 13.7. The third-order valence-corrected chi connectivity index (χ3v) is 4.95. The summed E-state index contributed by atoms with van der Waals surface area (Å²) in [6.45, 7) is 5.88. The van der Waals surface area contributed by atoms with Crippen molar-refractivity contribution >= 4 is 28.4 Å². The van der Waals surface area contributed by atoms with Crippen LogP contribution in [-0.2, 0) is 6.61 Å². The Morgan fingerprint density at radius 2 is 1.96 bits per heavy atom. The number of aliphatic imine (C=N–C) groups is 1. The van der Waals surface area contributed by atoms with Crippen LogP contribution in [0.1, 0.15) is 23.6 Å². The number of halogens is 1. The molecule has 2 aromatic rings. The van der Waals surface area contributed by atoms with Crippen LogP contribution < -0.4 is 9.47 Å². The minimum atomic E-state index is 0.453. The molecule has 0 fully saturated rings. The maximum atomic E-state index is 6.47. The molecule has 1 aliphatic heterocycles.